The average molecular weight is 478 g/mol. The van der Waals surface area contributed by atoms with Crippen LogP contribution in [0.3, 0.4) is 0 Å². The molecule has 1 aromatic carbocycles. The van der Waals surface area contributed by atoms with Crippen LogP contribution < -0.4 is 5.32 Å². The smallest absolute Gasteiger partial charge is 0.268 e. The monoisotopic (exact) mass is 477 g/mol. The number of β-amino-alcohol motifs (C(OH)–C–C–N with tert-alkyl or cyclic N) is 2. The number of fused-ring (bicyclic) bond motifs is 1. The Labute approximate surface area is 193 Å². The van der Waals surface area contributed by atoms with E-state index >= 15 is 0 Å². The number of carbonyl (C=O) groups is 2. The lowest BCUT2D eigenvalue weighted by atomic mass is 10.00. The number of aryl methyl sites for hydroxylation is 1. The number of halogens is 1. The van der Waals surface area contributed by atoms with E-state index in [1.165, 1.54) is 16.2 Å². The van der Waals surface area contributed by atoms with E-state index in [1.54, 1.807) is 6.07 Å². The third-order valence-corrected chi connectivity index (χ3v) is 7.26. The number of hydrogen-bond donors (Lipinski definition) is 5. The molecule has 10 heteroatoms. The molecule has 4 atom stereocenters. The van der Waals surface area contributed by atoms with Gasteiger partial charge < -0.3 is 30.5 Å². The van der Waals surface area contributed by atoms with Crippen LogP contribution in [0.2, 0.25) is 4.34 Å². The van der Waals surface area contributed by atoms with Crippen molar-refractivity contribution < 1.29 is 24.9 Å². The zero-order valence-corrected chi connectivity index (χ0v) is 18.9. The van der Waals surface area contributed by atoms with Gasteiger partial charge in [0.25, 0.3) is 11.8 Å². The zero-order valence-electron chi connectivity index (χ0n) is 17.3. The molecule has 2 aromatic heterocycles. The minimum Gasteiger partial charge on any atom is -0.388 e. The van der Waals surface area contributed by atoms with Gasteiger partial charge >= 0.3 is 0 Å². The summed E-state index contributed by atoms with van der Waals surface area (Å²) in [5, 5.41) is 33.1. The van der Waals surface area contributed by atoms with Crippen molar-refractivity contribution in [2.75, 3.05) is 13.1 Å². The summed E-state index contributed by atoms with van der Waals surface area (Å²) in [5.41, 5.74) is 2.77. The standard InChI is InChI=1S/C22H24ClN3O5S/c1-11-18-17(32-20(11)23)8-14(24-18)21(30)25-13(7-12-5-3-2-4-6-12)19(29)22(31)26-9-15(27)16(28)10-26/h2-6,8,13,15-16,19,24,27-29H,7,9-10H2,1H3,(H,25,30)/t13-,15-,16+,19?/m0/s1. The summed E-state index contributed by atoms with van der Waals surface area (Å²) < 4.78 is 1.49. The summed E-state index contributed by atoms with van der Waals surface area (Å²) in [5.74, 6) is -1.12. The van der Waals surface area contributed by atoms with Crippen LogP contribution >= 0.6 is 22.9 Å². The van der Waals surface area contributed by atoms with Gasteiger partial charge in [-0.15, -0.1) is 11.3 Å². The van der Waals surface area contributed by atoms with Gasteiger partial charge in [-0.05, 0) is 25.0 Å². The van der Waals surface area contributed by atoms with E-state index in [0.717, 1.165) is 21.3 Å². The van der Waals surface area contributed by atoms with Crippen molar-refractivity contribution in [1.29, 1.82) is 0 Å². The molecule has 1 fully saturated rings. The largest absolute Gasteiger partial charge is 0.388 e. The van der Waals surface area contributed by atoms with Gasteiger partial charge in [-0.1, -0.05) is 41.9 Å². The Morgan fingerprint density at radius 2 is 1.91 bits per heavy atom. The van der Waals surface area contributed by atoms with Crippen LogP contribution in [-0.2, 0) is 11.2 Å². The molecule has 0 spiro atoms. The number of carbonyl (C=O) groups excluding carboxylic acids is 2. The molecule has 3 aromatic rings. The first-order valence-electron chi connectivity index (χ1n) is 10.2. The predicted octanol–water partition coefficient (Wildman–Crippen LogP) is 1.46. The summed E-state index contributed by atoms with van der Waals surface area (Å²) in [6.07, 6.45) is -3.45. The molecule has 0 radical (unpaired) electrons. The van der Waals surface area contributed by atoms with Crippen LogP contribution in [0.1, 0.15) is 21.6 Å². The Bertz CT molecular complexity index is 1120. The van der Waals surface area contributed by atoms with Crippen molar-refractivity contribution in [3.63, 3.8) is 0 Å². The molecule has 1 aliphatic heterocycles. The second-order valence-corrected chi connectivity index (χ2v) is 9.67. The molecule has 1 aliphatic rings. The molecule has 0 bridgehead atoms. The average Bonchev–Trinajstić information content (AvgIpc) is 3.42. The number of aromatic amines is 1. The molecule has 8 nitrogen and oxygen atoms in total. The van der Waals surface area contributed by atoms with Gasteiger partial charge in [0.2, 0.25) is 0 Å². The normalized spacial score (nSPS) is 20.5. The molecule has 0 saturated carbocycles. The molecule has 1 unspecified atom stereocenters. The number of nitrogens with one attached hydrogen (secondary N) is 2. The van der Waals surface area contributed by atoms with Gasteiger partial charge in [-0.25, -0.2) is 0 Å². The van der Waals surface area contributed by atoms with E-state index in [1.807, 2.05) is 37.3 Å². The summed E-state index contributed by atoms with van der Waals surface area (Å²) in [6, 6.07) is 9.98. The van der Waals surface area contributed by atoms with Crippen molar-refractivity contribution in [2.45, 2.75) is 37.7 Å². The van der Waals surface area contributed by atoms with E-state index in [-0.39, 0.29) is 19.5 Å². The molecular formula is C22H24ClN3O5S. The van der Waals surface area contributed by atoms with E-state index < -0.39 is 36.2 Å². The molecular weight excluding hydrogens is 454 g/mol. The number of H-pyrrole nitrogens is 1. The maximum atomic E-state index is 13.0. The number of rotatable bonds is 6. The third-order valence-electron chi connectivity index (χ3n) is 5.72. The minimum atomic E-state index is -1.55. The second-order valence-electron chi connectivity index (χ2n) is 8.02. The second kappa shape index (κ2) is 9.21. The van der Waals surface area contributed by atoms with Crippen LogP contribution in [0.25, 0.3) is 10.2 Å². The number of aromatic nitrogens is 1. The van der Waals surface area contributed by atoms with E-state index in [4.69, 9.17) is 11.6 Å². The molecule has 2 amide bonds. The molecule has 5 N–H and O–H groups in total. The van der Waals surface area contributed by atoms with Crippen LogP contribution in [0, 0.1) is 6.92 Å². The molecule has 0 aliphatic carbocycles. The Balaban J connectivity index is 1.55. The summed E-state index contributed by atoms with van der Waals surface area (Å²) in [4.78, 5) is 30.1. The highest BCUT2D eigenvalue weighted by Gasteiger charge is 2.38. The lowest BCUT2D eigenvalue weighted by molar-refractivity contribution is -0.141. The maximum absolute atomic E-state index is 13.0. The van der Waals surface area contributed by atoms with Crippen molar-refractivity contribution in [2.24, 2.45) is 0 Å². The lowest BCUT2D eigenvalue weighted by Gasteiger charge is -2.27. The highest BCUT2D eigenvalue weighted by atomic mass is 35.5. The highest BCUT2D eigenvalue weighted by molar-refractivity contribution is 7.22. The number of thiophene rings is 1. The van der Waals surface area contributed by atoms with Gasteiger partial charge in [0.15, 0.2) is 6.10 Å². The fourth-order valence-corrected chi connectivity index (χ4v) is 5.13. The zero-order chi connectivity index (χ0) is 23.0. The minimum absolute atomic E-state index is 0.0734. The van der Waals surface area contributed by atoms with Crippen molar-refractivity contribution >= 4 is 45.0 Å². The Kier molecular flexibility index (Phi) is 6.55. The topological polar surface area (TPSA) is 126 Å². The quantitative estimate of drug-likeness (QED) is 0.367. The van der Waals surface area contributed by atoms with Gasteiger partial charge in [-0.3, -0.25) is 9.59 Å². The number of amides is 2. The Morgan fingerprint density at radius 1 is 1.25 bits per heavy atom. The number of aliphatic hydroxyl groups is 3. The van der Waals surface area contributed by atoms with E-state index in [0.29, 0.717) is 10.0 Å². The fourth-order valence-electron chi connectivity index (χ4n) is 3.85. The molecule has 3 heterocycles. The summed E-state index contributed by atoms with van der Waals surface area (Å²) in [6.45, 7) is 1.71. The molecule has 32 heavy (non-hydrogen) atoms. The Hall–Kier alpha value is -2.43. The van der Waals surface area contributed by atoms with Gasteiger partial charge in [0, 0.05) is 18.7 Å². The predicted molar refractivity (Wildman–Crippen MR) is 122 cm³/mol. The number of aliphatic hydroxyl groups excluding tert-OH is 3. The highest BCUT2D eigenvalue weighted by Crippen LogP contribution is 2.34. The first kappa shape index (κ1) is 22.8. The maximum Gasteiger partial charge on any atom is 0.268 e. The molecule has 170 valence electrons. The lowest BCUT2D eigenvalue weighted by Crippen LogP contribution is -2.52. The number of likely N-dealkylation sites (tertiary alicyclic amines) is 1. The van der Waals surface area contributed by atoms with Gasteiger partial charge in [0.05, 0.1) is 32.8 Å². The third kappa shape index (κ3) is 4.53. The van der Waals surface area contributed by atoms with Crippen LogP contribution in [0.15, 0.2) is 36.4 Å². The molecule has 4 rings (SSSR count). The van der Waals surface area contributed by atoms with E-state index in [9.17, 15) is 24.9 Å². The summed E-state index contributed by atoms with van der Waals surface area (Å²) in [7, 11) is 0. The van der Waals surface area contributed by atoms with Crippen LogP contribution in [-0.4, -0.2) is 74.5 Å². The fraction of sp³-hybridized carbons (Fsp3) is 0.364. The van der Waals surface area contributed by atoms with Crippen LogP contribution in [0.5, 0.6) is 0 Å². The van der Waals surface area contributed by atoms with Crippen molar-refractivity contribution in [1.82, 2.24) is 15.2 Å². The first-order chi connectivity index (χ1) is 15.2. The molecule has 1 saturated heterocycles. The van der Waals surface area contributed by atoms with E-state index in [2.05, 4.69) is 10.3 Å². The number of hydrogen-bond acceptors (Lipinski definition) is 6. The Morgan fingerprint density at radius 3 is 2.53 bits per heavy atom. The number of benzene rings is 1. The summed E-state index contributed by atoms with van der Waals surface area (Å²) >= 11 is 7.51. The van der Waals surface area contributed by atoms with Gasteiger partial charge in [-0.2, -0.15) is 0 Å². The van der Waals surface area contributed by atoms with Crippen molar-refractivity contribution in [3.05, 3.63) is 57.6 Å². The van der Waals surface area contributed by atoms with Crippen molar-refractivity contribution in [3.8, 4) is 0 Å². The van der Waals surface area contributed by atoms with Gasteiger partial charge in [0.1, 0.15) is 5.69 Å². The first-order valence-corrected chi connectivity index (χ1v) is 11.4. The van der Waals surface area contributed by atoms with Crippen LogP contribution in [0.4, 0.5) is 0 Å². The SMILES string of the molecule is Cc1c(Cl)sc2cc(C(=O)N[C@@H](Cc3ccccc3)C(O)C(=O)N3C[C@@H](O)[C@@H](O)C3)[nH]c12. The number of nitrogens with zero attached hydrogens (tertiary/aromatic N) is 1.